The molecule has 0 bridgehead atoms. The van der Waals surface area contributed by atoms with Gasteiger partial charge in [-0.05, 0) is 32.0 Å². The van der Waals surface area contributed by atoms with Crippen LogP contribution in [0, 0.1) is 0 Å². The van der Waals surface area contributed by atoms with Crippen molar-refractivity contribution in [2.24, 2.45) is 0 Å². The van der Waals surface area contributed by atoms with Crippen molar-refractivity contribution in [3.63, 3.8) is 0 Å². The molecule has 1 aliphatic heterocycles. The number of ether oxygens (including phenoxy) is 1. The van der Waals surface area contributed by atoms with Crippen molar-refractivity contribution in [1.82, 2.24) is 9.80 Å². The number of hydrogen-bond donors (Lipinski definition) is 1. The van der Waals surface area contributed by atoms with E-state index in [2.05, 4.69) is 4.90 Å². The largest absolute Gasteiger partial charge is 0.496 e. The number of methoxy groups -OCH3 is 1. The maximum atomic E-state index is 12.5. The van der Waals surface area contributed by atoms with Crippen molar-refractivity contribution < 1.29 is 14.6 Å². The van der Waals surface area contributed by atoms with Gasteiger partial charge in [0, 0.05) is 43.3 Å². The second-order valence-corrected chi connectivity index (χ2v) is 7.04. The molecule has 5 nitrogen and oxygen atoms in total. The van der Waals surface area contributed by atoms with Gasteiger partial charge in [0.15, 0.2) is 0 Å². The summed E-state index contributed by atoms with van der Waals surface area (Å²) in [7, 11) is 1.59. The van der Waals surface area contributed by atoms with Gasteiger partial charge in [-0.15, -0.1) is 0 Å². The Morgan fingerprint density at radius 2 is 1.96 bits per heavy atom. The Hall–Kier alpha value is -1.30. The molecule has 1 aromatic rings. The number of carbonyl (C=O) groups excluding carboxylic acids is 1. The molecule has 128 valence electrons. The Labute approximate surface area is 142 Å². The molecule has 0 spiro atoms. The highest BCUT2D eigenvalue weighted by atomic mass is 35.5. The molecule has 1 aromatic carbocycles. The van der Waals surface area contributed by atoms with E-state index >= 15 is 0 Å². The van der Waals surface area contributed by atoms with Crippen LogP contribution < -0.4 is 4.74 Å². The van der Waals surface area contributed by atoms with Gasteiger partial charge in [-0.2, -0.15) is 0 Å². The van der Waals surface area contributed by atoms with Crippen LogP contribution in [0.1, 0.15) is 19.4 Å². The highest BCUT2D eigenvalue weighted by molar-refractivity contribution is 6.30. The smallest absolute Gasteiger partial charge is 0.227 e. The van der Waals surface area contributed by atoms with Crippen molar-refractivity contribution in [1.29, 1.82) is 0 Å². The zero-order valence-corrected chi connectivity index (χ0v) is 14.8. The van der Waals surface area contributed by atoms with E-state index in [1.807, 2.05) is 4.90 Å². The third kappa shape index (κ3) is 5.37. The molecule has 23 heavy (non-hydrogen) atoms. The number of piperazine rings is 1. The quantitative estimate of drug-likeness (QED) is 0.888. The van der Waals surface area contributed by atoms with Gasteiger partial charge in [-0.3, -0.25) is 9.69 Å². The highest BCUT2D eigenvalue weighted by Gasteiger charge is 2.25. The summed E-state index contributed by atoms with van der Waals surface area (Å²) in [5.41, 5.74) is 0.101. The predicted octanol–water partition coefficient (Wildman–Crippen LogP) is 1.81. The van der Waals surface area contributed by atoms with Crippen molar-refractivity contribution in [3.05, 3.63) is 28.8 Å². The minimum absolute atomic E-state index is 0.0773. The highest BCUT2D eigenvalue weighted by Crippen LogP contribution is 2.23. The monoisotopic (exact) mass is 340 g/mol. The molecule has 2 rings (SSSR count). The summed E-state index contributed by atoms with van der Waals surface area (Å²) in [5, 5.41) is 10.5. The van der Waals surface area contributed by atoms with E-state index in [1.165, 1.54) is 0 Å². The normalized spacial score (nSPS) is 16.5. The van der Waals surface area contributed by atoms with E-state index in [9.17, 15) is 9.90 Å². The summed E-state index contributed by atoms with van der Waals surface area (Å²) in [5.74, 6) is 0.761. The van der Waals surface area contributed by atoms with Crippen molar-refractivity contribution in [2.45, 2.75) is 25.9 Å². The first-order chi connectivity index (χ1) is 10.8. The molecule has 0 aliphatic carbocycles. The van der Waals surface area contributed by atoms with Gasteiger partial charge >= 0.3 is 0 Å². The number of amides is 1. The predicted molar refractivity (Wildman–Crippen MR) is 91.0 cm³/mol. The van der Waals surface area contributed by atoms with Gasteiger partial charge in [0.05, 0.1) is 19.1 Å². The van der Waals surface area contributed by atoms with E-state index in [0.717, 1.165) is 18.7 Å². The molecule has 0 unspecified atom stereocenters. The van der Waals surface area contributed by atoms with Gasteiger partial charge in [0.25, 0.3) is 0 Å². The number of aliphatic hydroxyl groups is 1. The second kappa shape index (κ2) is 7.51. The van der Waals surface area contributed by atoms with Gasteiger partial charge in [-0.1, -0.05) is 11.6 Å². The topological polar surface area (TPSA) is 53.0 Å². The van der Waals surface area contributed by atoms with Gasteiger partial charge in [0.2, 0.25) is 5.91 Å². The summed E-state index contributed by atoms with van der Waals surface area (Å²) < 4.78 is 5.30. The van der Waals surface area contributed by atoms with Crippen molar-refractivity contribution in [3.8, 4) is 5.75 Å². The summed E-state index contributed by atoms with van der Waals surface area (Å²) in [4.78, 5) is 16.5. The van der Waals surface area contributed by atoms with Gasteiger partial charge in [-0.25, -0.2) is 0 Å². The average Bonchev–Trinajstić information content (AvgIpc) is 2.46. The fourth-order valence-electron chi connectivity index (χ4n) is 2.86. The second-order valence-electron chi connectivity index (χ2n) is 6.60. The lowest BCUT2D eigenvalue weighted by atomic mass is 10.1. The lowest BCUT2D eigenvalue weighted by Crippen LogP contribution is -2.52. The molecule has 0 aromatic heterocycles. The molecule has 0 radical (unpaired) electrons. The Kier molecular flexibility index (Phi) is 5.89. The lowest BCUT2D eigenvalue weighted by Gasteiger charge is -2.37. The molecule has 1 saturated heterocycles. The van der Waals surface area contributed by atoms with Crippen LogP contribution in [0.5, 0.6) is 5.75 Å². The average molecular weight is 341 g/mol. The van der Waals surface area contributed by atoms with Gasteiger partial charge in [0.1, 0.15) is 5.75 Å². The van der Waals surface area contributed by atoms with Crippen LogP contribution in [0.25, 0.3) is 0 Å². The molecule has 1 aliphatic rings. The number of β-amino-alcohol motifs (C(OH)–C–C–N with tert-alkyl or cyclic N) is 1. The standard InChI is InChI=1S/C17H25ClN2O3/c1-17(2,22)12-19-6-8-20(9-7-19)16(21)11-13-10-14(18)4-5-15(13)23-3/h4-5,10,22H,6-9,11-12H2,1-3H3. The molecule has 6 heteroatoms. The number of carbonyl (C=O) groups is 1. The van der Waals surface area contributed by atoms with Crippen LogP contribution in [0.2, 0.25) is 5.02 Å². The maximum absolute atomic E-state index is 12.5. The van der Waals surface area contributed by atoms with Crippen LogP contribution in [0.3, 0.4) is 0 Å². The van der Waals surface area contributed by atoms with Crippen LogP contribution in [0.15, 0.2) is 18.2 Å². The Morgan fingerprint density at radius 1 is 1.30 bits per heavy atom. The maximum Gasteiger partial charge on any atom is 0.227 e. The first-order valence-corrected chi connectivity index (χ1v) is 8.21. The molecular weight excluding hydrogens is 316 g/mol. The van der Waals surface area contributed by atoms with Crippen molar-refractivity contribution in [2.75, 3.05) is 39.8 Å². The molecule has 1 heterocycles. The third-order valence-electron chi connectivity index (χ3n) is 3.92. The van der Waals surface area contributed by atoms with Crippen LogP contribution in [0.4, 0.5) is 0 Å². The third-order valence-corrected chi connectivity index (χ3v) is 4.15. The Morgan fingerprint density at radius 3 is 2.52 bits per heavy atom. The molecular formula is C17H25ClN2O3. The first kappa shape index (κ1) is 18.0. The SMILES string of the molecule is COc1ccc(Cl)cc1CC(=O)N1CCN(CC(C)(C)O)CC1. The molecule has 1 N–H and O–H groups in total. The zero-order valence-electron chi connectivity index (χ0n) is 14.0. The Balaban J connectivity index is 1.92. The lowest BCUT2D eigenvalue weighted by molar-refractivity contribution is -0.132. The van der Waals surface area contributed by atoms with Crippen molar-refractivity contribution >= 4 is 17.5 Å². The van der Waals surface area contributed by atoms with E-state index < -0.39 is 5.60 Å². The number of halogens is 1. The summed E-state index contributed by atoms with van der Waals surface area (Å²) in [6, 6.07) is 5.32. The number of benzene rings is 1. The van der Waals surface area contributed by atoms with Crippen LogP contribution >= 0.6 is 11.6 Å². The summed E-state index contributed by atoms with van der Waals surface area (Å²) in [6.07, 6.45) is 0.287. The summed E-state index contributed by atoms with van der Waals surface area (Å²) in [6.45, 7) is 7.14. The zero-order chi connectivity index (χ0) is 17.0. The first-order valence-electron chi connectivity index (χ1n) is 7.83. The molecule has 0 saturated carbocycles. The van der Waals surface area contributed by atoms with Crippen LogP contribution in [-0.2, 0) is 11.2 Å². The fourth-order valence-corrected chi connectivity index (χ4v) is 3.06. The molecule has 0 atom stereocenters. The number of rotatable bonds is 5. The van der Waals surface area contributed by atoms with E-state index in [1.54, 1.807) is 39.2 Å². The minimum Gasteiger partial charge on any atom is -0.496 e. The van der Waals surface area contributed by atoms with E-state index in [4.69, 9.17) is 16.3 Å². The molecule has 1 amide bonds. The fraction of sp³-hybridized carbons (Fsp3) is 0.588. The van der Waals surface area contributed by atoms with Gasteiger partial charge < -0.3 is 14.7 Å². The Bertz CT molecular complexity index is 549. The molecule has 1 fully saturated rings. The minimum atomic E-state index is -0.708. The van der Waals surface area contributed by atoms with E-state index in [-0.39, 0.29) is 12.3 Å². The van der Waals surface area contributed by atoms with E-state index in [0.29, 0.717) is 30.4 Å². The van der Waals surface area contributed by atoms with Crippen LogP contribution in [-0.4, -0.2) is 66.2 Å². The number of nitrogens with zero attached hydrogens (tertiary/aromatic N) is 2. The summed E-state index contributed by atoms with van der Waals surface area (Å²) >= 11 is 6.01. The number of hydrogen-bond acceptors (Lipinski definition) is 4.